The number of aromatic nitrogens is 4. The van der Waals surface area contributed by atoms with Gasteiger partial charge in [0.25, 0.3) is 6.71 Å². The molecule has 0 spiro atoms. The highest BCUT2D eigenvalue weighted by molar-refractivity contribution is 7.20. The average molecular weight is 387 g/mol. The fourth-order valence-corrected chi connectivity index (χ4v) is 5.63. The van der Waals surface area contributed by atoms with Crippen molar-refractivity contribution in [1.82, 2.24) is 19.2 Å². The molecular weight excluding hydrogens is 365 g/mol. The Morgan fingerprint density at radius 1 is 1.21 bits per heavy atom. The molecule has 0 atom stereocenters. The second-order valence-electron chi connectivity index (χ2n) is 8.25. The molecule has 2 bridgehead atoms. The molecule has 3 fully saturated rings. The molecule has 3 aliphatic rings. The molecule has 7 heteroatoms. The number of rotatable bonds is 1. The molecule has 0 amide bonds. The average Bonchev–Trinajstić information content (AvgIpc) is 3.35. The summed E-state index contributed by atoms with van der Waals surface area (Å²) in [5, 5.41) is 14.2. The third-order valence-electron chi connectivity index (χ3n) is 6.04. The summed E-state index contributed by atoms with van der Waals surface area (Å²) in [4.78, 5) is 6.58. The van der Waals surface area contributed by atoms with E-state index in [1.807, 2.05) is 24.1 Å². The van der Waals surface area contributed by atoms with E-state index in [0.717, 1.165) is 22.3 Å². The summed E-state index contributed by atoms with van der Waals surface area (Å²) >= 11 is 1.71. The molecule has 28 heavy (non-hydrogen) atoms. The van der Waals surface area contributed by atoms with E-state index in [-0.39, 0.29) is 0 Å². The van der Waals surface area contributed by atoms with Gasteiger partial charge >= 0.3 is 0 Å². The molecule has 3 aromatic heterocycles. The van der Waals surface area contributed by atoms with Crippen molar-refractivity contribution >= 4 is 33.9 Å². The summed E-state index contributed by atoms with van der Waals surface area (Å²) in [5.74, 6) is 4.24. The third kappa shape index (κ3) is 3.12. The second-order valence-corrected chi connectivity index (χ2v) is 9.26. The zero-order chi connectivity index (χ0) is 19.3. The number of hydrogen-bond acceptors (Lipinski definition) is 4. The molecule has 0 N–H and O–H groups in total. The summed E-state index contributed by atoms with van der Waals surface area (Å²) in [6.07, 6.45) is 13.3. The van der Waals surface area contributed by atoms with Crippen molar-refractivity contribution < 1.29 is 0 Å². The predicted molar refractivity (Wildman–Crippen MR) is 115 cm³/mol. The minimum Gasteiger partial charge on any atom is -0.297 e. The van der Waals surface area contributed by atoms with E-state index in [0.29, 0.717) is 6.71 Å². The quantitative estimate of drug-likeness (QED) is 0.439. The zero-order valence-corrected chi connectivity index (χ0v) is 17.0. The number of thiazole rings is 1. The van der Waals surface area contributed by atoms with E-state index in [1.165, 1.54) is 46.9 Å². The number of benzene rings is 1. The van der Waals surface area contributed by atoms with Crippen molar-refractivity contribution in [3.8, 4) is 16.4 Å². The molecule has 4 aromatic rings. The molecular formula is C21H22BN5S. The van der Waals surface area contributed by atoms with Gasteiger partial charge in [-0.25, -0.2) is 10.2 Å². The monoisotopic (exact) mass is 387 g/mol. The van der Waals surface area contributed by atoms with Gasteiger partial charge in [0.15, 0.2) is 4.96 Å². The van der Waals surface area contributed by atoms with Gasteiger partial charge < -0.3 is 0 Å². The molecule has 5 heterocycles. The standard InChI is InChI=1S/C14H12N4S.C7H10BN/c1-9-5-10(6-11-7-17(2)16-13(9)11)12-8-18-4-3-15-14(18)19-12;9-5-8-3-6-1-7(2-6)4-8/h3-8H,1-2H3;6-7H,1-4H2. The van der Waals surface area contributed by atoms with Gasteiger partial charge in [0, 0.05) is 43.2 Å². The molecule has 2 aliphatic heterocycles. The Hall–Kier alpha value is -2.59. The SMILES string of the molecule is Cc1cc(-c2cn3ccnc3s2)cc2cn(C)nc12.N#CB1CC2CC(C1)C2. The van der Waals surface area contributed by atoms with E-state index in [4.69, 9.17) is 5.26 Å². The molecule has 1 aliphatic carbocycles. The van der Waals surface area contributed by atoms with Crippen LogP contribution in [0.2, 0.25) is 12.6 Å². The van der Waals surface area contributed by atoms with Crippen molar-refractivity contribution in [3.05, 3.63) is 42.5 Å². The molecule has 5 nitrogen and oxygen atoms in total. The first kappa shape index (κ1) is 17.5. The predicted octanol–water partition coefficient (Wildman–Crippen LogP) is 4.84. The fraction of sp³-hybridized carbons (Fsp3) is 0.381. The van der Waals surface area contributed by atoms with Crippen LogP contribution in [-0.2, 0) is 7.05 Å². The Labute approximate surface area is 168 Å². The van der Waals surface area contributed by atoms with Gasteiger partial charge in [0.2, 0.25) is 0 Å². The maximum Gasteiger partial charge on any atom is 0.268 e. The van der Waals surface area contributed by atoms with Crippen molar-refractivity contribution in [2.24, 2.45) is 18.9 Å². The van der Waals surface area contributed by atoms with Crippen LogP contribution in [0.15, 0.2) is 36.9 Å². The molecule has 1 saturated carbocycles. The van der Waals surface area contributed by atoms with E-state index < -0.39 is 0 Å². The highest BCUT2D eigenvalue weighted by Gasteiger charge is 2.39. The Kier molecular flexibility index (Phi) is 4.24. The molecule has 2 saturated heterocycles. The largest absolute Gasteiger partial charge is 0.297 e. The summed E-state index contributed by atoms with van der Waals surface area (Å²) in [6.45, 7) is 2.53. The first-order valence-corrected chi connectivity index (χ1v) is 10.7. The number of aryl methyl sites for hydroxylation is 2. The van der Waals surface area contributed by atoms with Gasteiger partial charge in [0.1, 0.15) is 0 Å². The lowest BCUT2D eigenvalue weighted by atomic mass is 9.34. The first-order valence-electron chi connectivity index (χ1n) is 9.85. The lowest BCUT2D eigenvalue weighted by molar-refractivity contribution is 0.213. The fourth-order valence-electron chi connectivity index (χ4n) is 4.70. The zero-order valence-electron chi connectivity index (χ0n) is 16.2. The van der Waals surface area contributed by atoms with Gasteiger partial charge in [-0.15, -0.1) is 0 Å². The Bertz CT molecular complexity index is 1150. The summed E-state index contributed by atoms with van der Waals surface area (Å²) in [6, 6.07) is 4.39. The van der Waals surface area contributed by atoms with Crippen LogP contribution in [0.5, 0.6) is 0 Å². The van der Waals surface area contributed by atoms with Crippen molar-refractivity contribution in [3.63, 3.8) is 0 Å². The highest BCUT2D eigenvalue weighted by atomic mass is 32.1. The topological polar surface area (TPSA) is 58.9 Å². The lowest BCUT2D eigenvalue weighted by Crippen LogP contribution is -2.37. The van der Waals surface area contributed by atoms with E-state index in [9.17, 15) is 0 Å². The third-order valence-corrected chi connectivity index (χ3v) is 7.10. The normalized spacial score (nSPS) is 20.5. The van der Waals surface area contributed by atoms with Crippen LogP contribution in [0.1, 0.15) is 18.4 Å². The Morgan fingerprint density at radius 2 is 2.00 bits per heavy atom. The summed E-state index contributed by atoms with van der Waals surface area (Å²) in [5.41, 5.74) is 3.51. The van der Waals surface area contributed by atoms with Crippen LogP contribution in [0.25, 0.3) is 26.3 Å². The van der Waals surface area contributed by atoms with Crippen molar-refractivity contribution in [2.75, 3.05) is 0 Å². The number of imidazole rings is 1. The van der Waals surface area contributed by atoms with E-state index in [1.54, 1.807) is 11.3 Å². The first-order chi connectivity index (χ1) is 13.6. The second kappa shape index (κ2) is 6.79. The number of fused-ring (bicyclic) bond motifs is 4. The molecule has 0 radical (unpaired) electrons. The van der Waals surface area contributed by atoms with E-state index in [2.05, 4.69) is 51.9 Å². The van der Waals surface area contributed by atoms with Gasteiger partial charge in [-0.1, -0.05) is 24.0 Å². The van der Waals surface area contributed by atoms with Crippen molar-refractivity contribution in [2.45, 2.75) is 32.4 Å². The van der Waals surface area contributed by atoms with E-state index >= 15 is 0 Å². The van der Waals surface area contributed by atoms with Gasteiger partial charge in [-0.2, -0.15) is 5.10 Å². The van der Waals surface area contributed by atoms with Crippen LogP contribution >= 0.6 is 11.3 Å². The highest BCUT2D eigenvalue weighted by Crippen LogP contribution is 2.45. The minimum atomic E-state index is 0.419. The van der Waals surface area contributed by atoms with Crippen LogP contribution in [-0.4, -0.2) is 25.9 Å². The molecule has 7 rings (SSSR count). The minimum absolute atomic E-state index is 0.419. The summed E-state index contributed by atoms with van der Waals surface area (Å²) < 4.78 is 3.92. The van der Waals surface area contributed by atoms with Crippen LogP contribution in [0.4, 0.5) is 0 Å². The number of nitriles is 1. The number of hydrogen-bond donors (Lipinski definition) is 0. The van der Waals surface area contributed by atoms with Crippen LogP contribution < -0.4 is 0 Å². The maximum atomic E-state index is 8.58. The van der Waals surface area contributed by atoms with Crippen LogP contribution in [0.3, 0.4) is 0 Å². The van der Waals surface area contributed by atoms with Gasteiger partial charge in [-0.05, 0) is 54.9 Å². The van der Waals surface area contributed by atoms with Gasteiger partial charge in [0.05, 0.1) is 10.4 Å². The Balaban J connectivity index is 0.000000158. The lowest BCUT2D eigenvalue weighted by Gasteiger charge is -2.42. The maximum absolute atomic E-state index is 8.58. The van der Waals surface area contributed by atoms with Gasteiger partial charge in [-0.3, -0.25) is 9.08 Å². The smallest absolute Gasteiger partial charge is 0.268 e. The molecule has 1 aromatic carbocycles. The number of nitrogens with zero attached hydrogens (tertiary/aromatic N) is 5. The van der Waals surface area contributed by atoms with Crippen molar-refractivity contribution in [1.29, 1.82) is 5.26 Å². The van der Waals surface area contributed by atoms with Crippen LogP contribution in [0, 0.1) is 30.0 Å². The molecule has 140 valence electrons. The Morgan fingerprint density at radius 3 is 2.68 bits per heavy atom. The summed E-state index contributed by atoms with van der Waals surface area (Å²) in [7, 11) is 1.96. The molecule has 0 unspecified atom stereocenters.